The van der Waals surface area contributed by atoms with Crippen LogP contribution in [0.4, 0.5) is 0 Å². The summed E-state index contributed by atoms with van der Waals surface area (Å²) in [6, 6.07) is 8.52. The number of rotatable bonds is 5. The van der Waals surface area contributed by atoms with Crippen molar-refractivity contribution in [2.75, 3.05) is 27.2 Å². The van der Waals surface area contributed by atoms with Gasteiger partial charge in [0.2, 0.25) is 5.91 Å². The van der Waals surface area contributed by atoms with Gasteiger partial charge < -0.3 is 16.0 Å². The molecular formula is C13H21N3O. The molecule has 1 atom stereocenters. The average molecular weight is 235 g/mol. The van der Waals surface area contributed by atoms with Crippen molar-refractivity contribution in [2.24, 2.45) is 5.73 Å². The van der Waals surface area contributed by atoms with Crippen molar-refractivity contribution >= 4 is 5.91 Å². The maximum atomic E-state index is 11.2. The maximum absolute atomic E-state index is 11.2. The molecule has 1 aromatic rings. The molecule has 0 spiro atoms. The quantitative estimate of drug-likeness (QED) is 0.789. The van der Waals surface area contributed by atoms with E-state index in [-0.39, 0.29) is 18.5 Å². The summed E-state index contributed by atoms with van der Waals surface area (Å²) in [6.45, 7) is 2.67. The molecule has 3 N–H and O–H groups in total. The van der Waals surface area contributed by atoms with E-state index in [1.54, 1.807) is 0 Å². The van der Waals surface area contributed by atoms with Crippen molar-refractivity contribution < 1.29 is 4.79 Å². The van der Waals surface area contributed by atoms with E-state index >= 15 is 0 Å². The first-order chi connectivity index (χ1) is 8.04. The normalized spacial score (nSPS) is 12.5. The summed E-state index contributed by atoms with van der Waals surface area (Å²) in [5.74, 6) is -0.121. The molecule has 94 valence electrons. The van der Waals surface area contributed by atoms with E-state index in [0.717, 1.165) is 0 Å². The molecular weight excluding hydrogens is 214 g/mol. The van der Waals surface area contributed by atoms with Crippen molar-refractivity contribution in [1.29, 1.82) is 0 Å². The number of benzene rings is 1. The smallest absolute Gasteiger partial charge is 0.233 e. The van der Waals surface area contributed by atoms with E-state index < -0.39 is 0 Å². The van der Waals surface area contributed by atoms with Gasteiger partial charge in [-0.3, -0.25) is 4.79 Å². The predicted molar refractivity (Wildman–Crippen MR) is 69.7 cm³/mol. The highest BCUT2D eigenvalue weighted by Gasteiger charge is 2.14. The number of aryl methyl sites for hydroxylation is 1. The van der Waals surface area contributed by atoms with Crippen LogP contribution in [0.3, 0.4) is 0 Å². The summed E-state index contributed by atoms with van der Waals surface area (Å²) in [5.41, 5.74) is 7.69. The fraction of sp³-hybridized carbons (Fsp3) is 0.462. The number of nitrogens with two attached hydrogens (primary N) is 1. The molecule has 0 bridgehead atoms. The lowest BCUT2D eigenvalue weighted by Gasteiger charge is -2.25. The Morgan fingerprint density at radius 2 is 1.94 bits per heavy atom. The molecule has 4 nitrogen and oxygen atoms in total. The Morgan fingerprint density at radius 3 is 2.41 bits per heavy atom. The Kier molecular flexibility index (Phi) is 5.12. The first kappa shape index (κ1) is 13.7. The first-order valence-corrected chi connectivity index (χ1v) is 5.74. The number of carbonyl (C=O) groups is 1. The van der Waals surface area contributed by atoms with Crippen LogP contribution in [0.5, 0.6) is 0 Å². The second kappa shape index (κ2) is 6.37. The van der Waals surface area contributed by atoms with E-state index in [0.29, 0.717) is 6.54 Å². The van der Waals surface area contributed by atoms with Gasteiger partial charge in [0.05, 0.1) is 12.6 Å². The molecule has 0 heterocycles. The molecule has 1 amide bonds. The van der Waals surface area contributed by atoms with Crippen LogP contribution in [-0.2, 0) is 4.79 Å². The standard InChI is InChI=1S/C13H21N3O/c1-10-4-6-11(7-5-10)12(16(2)3)9-15-13(17)8-14/h4-7,12H,8-9,14H2,1-3H3,(H,15,17). The molecule has 1 unspecified atom stereocenters. The highest BCUT2D eigenvalue weighted by Crippen LogP contribution is 2.17. The second-order valence-corrected chi connectivity index (χ2v) is 4.40. The van der Waals surface area contributed by atoms with Crippen LogP contribution in [-0.4, -0.2) is 38.0 Å². The molecule has 0 saturated carbocycles. The Labute approximate surface area is 103 Å². The largest absolute Gasteiger partial charge is 0.353 e. The van der Waals surface area contributed by atoms with Gasteiger partial charge in [0.1, 0.15) is 0 Å². The van der Waals surface area contributed by atoms with E-state index in [4.69, 9.17) is 5.73 Å². The maximum Gasteiger partial charge on any atom is 0.233 e. The predicted octanol–water partition coefficient (Wildman–Crippen LogP) is 0.673. The number of carbonyl (C=O) groups excluding carboxylic acids is 1. The number of amides is 1. The molecule has 17 heavy (non-hydrogen) atoms. The minimum absolute atomic E-state index is 0.0358. The number of nitrogens with zero attached hydrogens (tertiary/aromatic N) is 1. The van der Waals surface area contributed by atoms with Crippen LogP contribution in [0.15, 0.2) is 24.3 Å². The monoisotopic (exact) mass is 235 g/mol. The SMILES string of the molecule is Cc1ccc(C(CNC(=O)CN)N(C)C)cc1. The van der Waals surface area contributed by atoms with Crippen LogP contribution in [0.25, 0.3) is 0 Å². The van der Waals surface area contributed by atoms with Crippen molar-refractivity contribution in [2.45, 2.75) is 13.0 Å². The third-order valence-electron chi connectivity index (χ3n) is 2.76. The first-order valence-electron chi connectivity index (χ1n) is 5.74. The summed E-state index contributed by atoms with van der Waals surface area (Å²) >= 11 is 0. The van der Waals surface area contributed by atoms with Crippen molar-refractivity contribution in [3.05, 3.63) is 35.4 Å². The highest BCUT2D eigenvalue weighted by molar-refractivity contribution is 5.77. The van der Waals surface area contributed by atoms with Crippen LogP contribution >= 0.6 is 0 Å². The van der Waals surface area contributed by atoms with Crippen LogP contribution in [0.2, 0.25) is 0 Å². The molecule has 0 aliphatic heterocycles. The van der Waals surface area contributed by atoms with Gasteiger partial charge in [-0.2, -0.15) is 0 Å². The van der Waals surface area contributed by atoms with E-state index in [2.05, 4.69) is 41.4 Å². The van der Waals surface area contributed by atoms with Gasteiger partial charge in [-0.1, -0.05) is 29.8 Å². The third-order valence-corrected chi connectivity index (χ3v) is 2.76. The lowest BCUT2D eigenvalue weighted by Crippen LogP contribution is -2.37. The molecule has 0 aliphatic carbocycles. The highest BCUT2D eigenvalue weighted by atomic mass is 16.1. The van der Waals surface area contributed by atoms with Crippen molar-refractivity contribution in [1.82, 2.24) is 10.2 Å². The molecule has 1 rings (SSSR count). The van der Waals surface area contributed by atoms with Gasteiger partial charge in [-0.15, -0.1) is 0 Å². The minimum Gasteiger partial charge on any atom is -0.353 e. The van der Waals surface area contributed by atoms with E-state index in [1.165, 1.54) is 11.1 Å². The lowest BCUT2D eigenvalue weighted by atomic mass is 10.0. The topological polar surface area (TPSA) is 58.4 Å². The summed E-state index contributed by atoms with van der Waals surface area (Å²) in [7, 11) is 4.00. The van der Waals surface area contributed by atoms with Crippen LogP contribution < -0.4 is 11.1 Å². The Balaban J connectivity index is 2.72. The third kappa shape index (κ3) is 4.17. The number of hydrogen-bond acceptors (Lipinski definition) is 3. The van der Waals surface area contributed by atoms with Gasteiger partial charge >= 0.3 is 0 Å². The lowest BCUT2D eigenvalue weighted by molar-refractivity contribution is -0.119. The van der Waals surface area contributed by atoms with Gasteiger partial charge in [0, 0.05) is 6.54 Å². The van der Waals surface area contributed by atoms with Crippen molar-refractivity contribution in [3.8, 4) is 0 Å². The average Bonchev–Trinajstić information content (AvgIpc) is 2.31. The second-order valence-electron chi connectivity index (χ2n) is 4.40. The molecule has 4 heteroatoms. The summed E-state index contributed by atoms with van der Waals surface area (Å²) in [5, 5.41) is 2.82. The molecule has 0 fully saturated rings. The Hall–Kier alpha value is -1.39. The molecule has 0 radical (unpaired) electrons. The minimum atomic E-state index is -0.121. The van der Waals surface area contributed by atoms with Crippen LogP contribution in [0, 0.1) is 6.92 Å². The fourth-order valence-corrected chi connectivity index (χ4v) is 1.67. The number of hydrogen-bond donors (Lipinski definition) is 2. The fourth-order valence-electron chi connectivity index (χ4n) is 1.67. The van der Waals surface area contributed by atoms with Crippen LogP contribution in [0.1, 0.15) is 17.2 Å². The van der Waals surface area contributed by atoms with E-state index in [1.807, 2.05) is 14.1 Å². The van der Waals surface area contributed by atoms with Gasteiger partial charge in [0.25, 0.3) is 0 Å². The van der Waals surface area contributed by atoms with Crippen molar-refractivity contribution in [3.63, 3.8) is 0 Å². The zero-order valence-corrected chi connectivity index (χ0v) is 10.7. The Morgan fingerprint density at radius 1 is 1.35 bits per heavy atom. The molecule has 0 saturated heterocycles. The zero-order valence-electron chi connectivity index (χ0n) is 10.7. The van der Waals surface area contributed by atoms with E-state index in [9.17, 15) is 4.79 Å². The Bertz CT molecular complexity index is 359. The summed E-state index contributed by atoms with van der Waals surface area (Å²) < 4.78 is 0. The molecule has 1 aromatic carbocycles. The van der Waals surface area contributed by atoms with Gasteiger partial charge in [-0.25, -0.2) is 0 Å². The summed E-state index contributed by atoms with van der Waals surface area (Å²) in [6.07, 6.45) is 0. The molecule has 0 aliphatic rings. The summed E-state index contributed by atoms with van der Waals surface area (Å²) in [4.78, 5) is 13.3. The number of likely N-dealkylation sites (N-methyl/N-ethyl adjacent to an activating group) is 1. The van der Waals surface area contributed by atoms with Gasteiger partial charge in [-0.05, 0) is 26.6 Å². The molecule has 0 aromatic heterocycles. The zero-order chi connectivity index (χ0) is 12.8. The number of nitrogens with one attached hydrogen (secondary N) is 1. The van der Waals surface area contributed by atoms with Gasteiger partial charge in [0.15, 0.2) is 0 Å².